The van der Waals surface area contributed by atoms with Crippen LogP contribution in [0.5, 0.6) is 11.5 Å². The smallest absolute Gasteiger partial charge is 0.232 e. The number of carbonyl (C=O) groups is 1. The number of benzene rings is 2. The Hall–Kier alpha value is -3.20. The highest BCUT2D eigenvalue weighted by molar-refractivity contribution is 7.99. The van der Waals surface area contributed by atoms with E-state index in [0.29, 0.717) is 16.7 Å². The Labute approximate surface area is 211 Å². The first-order chi connectivity index (χ1) is 17.0. The molecule has 3 aromatic rings. The minimum atomic E-state index is -0.243. The molecule has 1 atom stereocenters. The number of hydrogen-bond donors (Lipinski definition) is 1. The van der Waals surface area contributed by atoms with Crippen molar-refractivity contribution >= 4 is 23.6 Å². The molecule has 0 saturated carbocycles. The maximum atomic E-state index is 12.9. The Kier molecular flexibility index (Phi) is 8.17. The lowest BCUT2D eigenvalue weighted by Crippen LogP contribution is -2.31. The van der Waals surface area contributed by atoms with E-state index < -0.39 is 0 Å². The fraction of sp³-hybridized carbons (Fsp3) is 0.423. The summed E-state index contributed by atoms with van der Waals surface area (Å²) in [5.41, 5.74) is 3.05. The molecule has 1 aromatic heterocycles. The highest BCUT2D eigenvalue weighted by atomic mass is 32.2. The minimum Gasteiger partial charge on any atom is -0.497 e. The van der Waals surface area contributed by atoms with Crippen LogP contribution in [0.4, 0.5) is 5.95 Å². The van der Waals surface area contributed by atoms with Crippen LogP contribution in [0.15, 0.2) is 47.6 Å². The lowest BCUT2D eigenvalue weighted by molar-refractivity contribution is -0.119. The number of amides is 1. The Balaban J connectivity index is 1.50. The Morgan fingerprint density at radius 3 is 2.49 bits per heavy atom. The maximum Gasteiger partial charge on any atom is 0.232 e. The van der Waals surface area contributed by atoms with Crippen molar-refractivity contribution in [2.24, 2.45) is 0 Å². The number of hydrogen-bond acceptors (Lipinski definition) is 7. The van der Waals surface area contributed by atoms with Crippen LogP contribution in [-0.2, 0) is 4.79 Å². The molecular formula is C26H33N5O3S. The molecule has 1 saturated heterocycles. The number of thioether (sulfide) groups is 1. The number of nitrogens with one attached hydrogen (secondary N) is 1. The summed E-state index contributed by atoms with van der Waals surface area (Å²) in [6.07, 6.45) is 3.54. The fourth-order valence-electron chi connectivity index (χ4n) is 4.24. The zero-order valence-electron chi connectivity index (χ0n) is 20.8. The Bertz CT molecular complexity index is 1140. The maximum absolute atomic E-state index is 12.9. The molecule has 0 radical (unpaired) electrons. The summed E-state index contributed by atoms with van der Waals surface area (Å²) in [6.45, 7) is 5.94. The van der Waals surface area contributed by atoms with Crippen LogP contribution in [-0.4, -0.2) is 53.7 Å². The van der Waals surface area contributed by atoms with Gasteiger partial charge in [0.15, 0.2) is 5.16 Å². The lowest BCUT2D eigenvalue weighted by atomic mass is 10.1. The van der Waals surface area contributed by atoms with Gasteiger partial charge in [-0.05, 0) is 63.4 Å². The van der Waals surface area contributed by atoms with Gasteiger partial charge in [-0.25, -0.2) is 0 Å². The molecule has 4 rings (SSSR count). The number of rotatable bonds is 9. The summed E-state index contributed by atoms with van der Waals surface area (Å²) in [6, 6.07) is 13.6. The number of piperidine rings is 1. The third-order valence-corrected chi connectivity index (χ3v) is 7.09. The zero-order valence-corrected chi connectivity index (χ0v) is 21.6. The SMILES string of the molecule is COc1ccc(OC)c(C(C)NC(=O)CSc2nnc(N3CCCCC3)n2-c2ccc(C)cc2)c1. The predicted octanol–water partition coefficient (Wildman–Crippen LogP) is 4.55. The molecule has 2 aromatic carbocycles. The van der Waals surface area contributed by atoms with E-state index in [1.165, 1.54) is 23.7 Å². The summed E-state index contributed by atoms with van der Waals surface area (Å²) in [5.74, 6) is 2.39. The fourth-order valence-corrected chi connectivity index (χ4v) is 5.00. The third-order valence-electron chi connectivity index (χ3n) is 6.16. The second kappa shape index (κ2) is 11.5. The van der Waals surface area contributed by atoms with E-state index in [9.17, 15) is 4.79 Å². The van der Waals surface area contributed by atoms with Gasteiger partial charge >= 0.3 is 0 Å². The monoisotopic (exact) mass is 495 g/mol. The molecule has 1 unspecified atom stereocenters. The second-order valence-electron chi connectivity index (χ2n) is 8.69. The summed E-state index contributed by atoms with van der Waals surface area (Å²) in [5, 5.41) is 12.8. The number of carbonyl (C=O) groups excluding carboxylic acids is 1. The van der Waals surface area contributed by atoms with Crippen molar-refractivity contribution in [2.75, 3.05) is 38.0 Å². The topological polar surface area (TPSA) is 81.5 Å². The van der Waals surface area contributed by atoms with Crippen LogP contribution in [0.3, 0.4) is 0 Å². The molecule has 0 aliphatic carbocycles. The number of anilines is 1. The van der Waals surface area contributed by atoms with Gasteiger partial charge in [0.25, 0.3) is 0 Å². The highest BCUT2D eigenvalue weighted by Gasteiger charge is 2.23. The molecular weight excluding hydrogens is 462 g/mol. The first-order valence-corrected chi connectivity index (χ1v) is 12.9. The van der Waals surface area contributed by atoms with E-state index in [0.717, 1.165) is 43.1 Å². The highest BCUT2D eigenvalue weighted by Crippen LogP contribution is 2.31. The summed E-state index contributed by atoms with van der Waals surface area (Å²) >= 11 is 1.39. The third kappa shape index (κ3) is 5.90. The van der Waals surface area contributed by atoms with Gasteiger partial charge in [-0.2, -0.15) is 0 Å². The molecule has 186 valence electrons. The van der Waals surface area contributed by atoms with Gasteiger partial charge in [-0.15, -0.1) is 10.2 Å². The van der Waals surface area contributed by atoms with Crippen molar-refractivity contribution in [1.29, 1.82) is 0 Å². The van der Waals surface area contributed by atoms with Gasteiger partial charge in [0.2, 0.25) is 11.9 Å². The molecule has 1 N–H and O–H groups in total. The van der Waals surface area contributed by atoms with E-state index in [1.807, 2.05) is 25.1 Å². The van der Waals surface area contributed by atoms with Crippen molar-refractivity contribution in [2.45, 2.75) is 44.3 Å². The lowest BCUT2D eigenvalue weighted by Gasteiger charge is -2.27. The molecule has 1 amide bonds. The molecule has 1 fully saturated rings. The van der Waals surface area contributed by atoms with E-state index in [2.05, 4.69) is 56.2 Å². The van der Waals surface area contributed by atoms with Gasteiger partial charge in [0.1, 0.15) is 11.5 Å². The van der Waals surface area contributed by atoms with Crippen LogP contribution in [0.1, 0.15) is 43.4 Å². The van der Waals surface area contributed by atoms with E-state index in [1.54, 1.807) is 14.2 Å². The van der Waals surface area contributed by atoms with Gasteiger partial charge in [-0.3, -0.25) is 9.36 Å². The molecule has 35 heavy (non-hydrogen) atoms. The predicted molar refractivity (Wildman–Crippen MR) is 139 cm³/mol. The number of ether oxygens (including phenoxy) is 2. The van der Waals surface area contributed by atoms with Gasteiger partial charge in [0.05, 0.1) is 31.7 Å². The Morgan fingerprint density at radius 2 is 1.80 bits per heavy atom. The standard InChI is InChI=1S/C26H33N5O3S/c1-18-8-10-20(11-9-18)31-25(30-14-6-5-7-15-30)28-29-26(31)35-17-24(32)27-19(2)22-16-21(33-3)12-13-23(22)34-4/h8-13,16,19H,5-7,14-15,17H2,1-4H3,(H,27,32). The molecule has 1 aliphatic rings. The number of nitrogens with zero attached hydrogens (tertiary/aromatic N) is 4. The van der Waals surface area contributed by atoms with Crippen LogP contribution < -0.4 is 19.7 Å². The van der Waals surface area contributed by atoms with Crippen molar-refractivity contribution < 1.29 is 14.3 Å². The largest absolute Gasteiger partial charge is 0.497 e. The summed E-state index contributed by atoms with van der Waals surface area (Å²) in [4.78, 5) is 15.2. The summed E-state index contributed by atoms with van der Waals surface area (Å²) < 4.78 is 12.9. The van der Waals surface area contributed by atoms with E-state index in [-0.39, 0.29) is 17.7 Å². The van der Waals surface area contributed by atoms with Crippen molar-refractivity contribution in [1.82, 2.24) is 20.1 Å². The van der Waals surface area contributed by atoms with Gasteiger partial charge in [-0.1, -0.05) is 29.5 Å². The van der Waals surface area contributed by atoms with Gasteiger partial charge < -0.3 is 19.7 Å². The Morgan fingerprint density at radius 1 is 1.06 bits per heavy atom. The molecule has 0 spiro atoms. The zero-order chi connectivity index (χ0) is 24.8. The normalized spacial score (nSPS) is 14.5. The molecule has 1 aliphatic heterocycles. The van der Waals surface area contributed by atoms with E-state index >= 15 is 0 Å². The van der Waals surface area contributed by atoms with Crippen LogP contribution >= 0.6 is 11.8 Å². The molecule has 9 heteroatoms. The summed E-state index contributed by atoms with van der Waals surface area (Å²) in [7, 11) is 3.24. The first-order valence-electron chi connectivity index (χ1n) is 11.9. The van der Waals surface area contributed by atoms with Crippen molar-refractivity contribution in [3.63, 3.8) is 0 Å². The van der Waals surface area contributed by atoms with Crippen molar-refractivity contribution in [3.8, 4) is 17.2 Å². The van der Waals surface area contributed by atoms with E-state index in [4.69, 9.17) is 9.47 Å². The average molecular weight is 496 g/mol. The first kappa shape index (κ1) is 24.9. The second-order valence-corrected chi connectivity index (χ2v) is 9.63. The van der Waals surface area contributed by atoms with Crippen molar-refractivity contribution in [3.05, 3.63) is 53.6 Å². The molecule has 0 bridgehead atoms. The average Bonchev–Trinajstić information content (AvgIpc) is 3.32. The minimum absolute atomic E-state index is 0.0923. The van der Waals surface area contributed by atoms with Gasteiger partial charge in [0, 0.05) is 18.7 Å². The van der Waals surface area contributed by atoms with Crippen LogP contribution in [0.2, 0.25) is 0 Å². The van der Waals surface area contributed by atoms with Crippen LogP contribution in [0.25, 0.3) is 5.69 Å². The molecule has 2 heterocycles. The number of aryl methyl sites for hydroxylation is 1. The van der Waals surface area contributed by atoms with Crippen LogP contribution in [0, 0.1) is 6.92 Å². The number of aromatic nitrogens is 3. The quantitative estimate of drug-likeness (QED) is 0.436. The molecule has 8 nitrogen and oxygen atoms in total. The number of methoxy groups -OCH3 is 2.